The van der Waals surface area contributed by atoms with E-state index in [0.717, 1.165) is 25.7 Å². The Kier molecular flexibility index (Phi) is 7.74. The van der Waals surface area contributed by atoms with Crippen molar-refractivity contribution in [2.24, 2.45) is 0 Å². The Morgan fingerprint density at radius 2 is 1.83 bits per heavy atom. The molecular weight excluding hydrogens is 450 g/mol. The van der Waals surface area contributed by atoms with Gasteiger partial charge in [0.15, 0.2) is 0 Å². The molecule has 0 bridgehead atoms. The summed E-state index contributed by atoms with van der Waals surface area (Å²) in [5.41, 5.74) is -0.768. The number of methoxy groups -OCH3 is 2. The van der Waals surface area contributed by atoms with Gasteiger partial charge in [0.1, 0.15) is 5.75 Å². The fraction of sp³-hybridized carbons (Fsp3) is 0.615. The lowest BCUT2D eigenvalue weighted by Gasteiger charge is -2.41. The summed E-state index contributed by atoms with van der Waals surface area (Å²) in [6.45, 7) is 1.31. The van der Waals surface area contributed by atoms with Crippen LogP contribution >= 0.6 is 0 Å². The predicted molar refractivity (Wildman–Crippen MR) is 128 cm³/mol. The highest BCUT2D eigenvalue weighted by molar-refractivity contribution is 6.11. The van der Waals surface area contributed by atoms with E-state index in [-0.39, 0.29) is 56.3 Å². The minimum absolute atomic E-state index is 0.0129. The maximum absolute atomic E-state index is 13.6. The molecule has 190 valence electrons. The van der Waals surface area contributed by atoms with E-state index in [1.165, 1.54) is 25.5 Å². The first-order valence-electron chi connectivity index (χ1n) is 12.4. The molecule has 0 unspecified atom stereocenters. The average Bonchev–Trinajstić information content (AvgIpc) is 3.12. The number of likely N-dealkylation sites (tertiary alicyclic amines) is 1. The number of piperazine rings is 1. The molecule has 1 saturated carbocycles. The molecule has 0 radical (unpaired) electrons. The van der Waals surface area contributed by atoms with Gasteiger partial charge in [-0.2, -0.15) is 0 Å². The van der Waals surface area contributed by atoms with Crippen LogP contribution in [0.15, 0.2) is 24.3 Å². The molecule has 2 saturated heterocycles. The second kappa shape index (κ2) is 10.8. The van der Waals surface area contributed by atoms with Crippen LogP contribution in [-0.2, 0) is 29.3 Å². The van der Waals surface area contributed by atoms with E-state index in [0.29, 0.717) is 24.4 Å². The van der Waals surface area contributed by atoms with E-state index in [4.69, 9.17) is 9.47 Å². The molecule has 35 heavy (non-hydrogen) atoms. The van der Waals surface area contributed by atoms with Crippen molar-refractivity contribution in [3.8, 4) is 5.75 Å². The van der Waals surface area contributed by atoms with Gasteiger partial charge in [-0.3, -0.25) is 24.1 Å². The number of amides is 4. The first kappa shape index (κ1) is 25.2. The fourth-order valence-electron chi connectivity index (χ4n) is 5.64. The van der Waals surface area contributed by atoms with Gasteiger partial charge in [0.05, 0.1) is 32.2 Å². The molecular formula is C26H35N3O6. The highest BCUT2D eigenvalue weighted by Crippen LogP contribution is 2.41. The van der Waals surface area contributed by atoms with Gasteiger partial charge < -0.3 is 19.3 Å². The molecule has 4 rings (SSSR count). The molecule has 2 heterocycles. The zero-order valence-corrected chi connectivity index (χ0v) is 20.7. The minimum Gasteiger partial charge on any atom is -0.497 e. The average molecular weight is 486 g/mol. The molecule has 9 heteroatoms. The van der Waals surface area contributed by atoms with E-state index in [1.807, 2.05) is 4.90 Å². The van der Waals surface area contributed by atoms with Crippen LogP contribution in [0.1, 0.15) is 50.5 Å². The van der Waals surface area contributed by atoms with Crippen LogP contribution in [0.25, 0.3) is 0 Å². The van der Waals surface area contributed by atoms with E-state index in [1.54, 1.807) is 29.2 Å². The molecule has 4 amide bonds. The van der Waals surface area contributed by atoms with E-state index < -0.39 is 11.3 Å². The van der Waals surface area contributed by atoms with Crippen molar-refractivity contribution in [3.63, 3.8) is 0 Å². The maximum atomic E-state index is 13.6. The third kappa shape index (κ3) is 5.05. The third-order valence-electron chi connectivity index (χ3n) is 7.63. The van der Waals surface area contributed by atoms with Crippen LogP contribution < -0.4 is 4.74 Å². The van der Waals surface area contributed by atoms with Crippen molar-refractivity contribution in [2.75, 3.05) is 47.0 Å². The van der Waals surface area contributed by atoms with Crippen LogP contribution in [0.4, 0.5) is 0 Å². The molecule has 1 aromatic carbocycles. The third-order valence-corrected chi connectivity index (χ3v) is 7.63. The second-order valence-corrected chi connectivity index (χ2v) is 9.71. The highest BCUT2D eigenvalue weighted by Gasteiger charge is 2.54. The highest BCUT2D eigenvalue weighted by atomic mass is 16.5. The first-order valence-corrected chi connectivity index (χ1v) is 12.4. The van der Waals surface area contributed by atoms with Crippen molar-refractivity contribution in [1.29, 1.82) is 0 Å². The predicted octanol–water partition coefficient (Wildman–Crippen LogP) is 1.73. The number of hydrogen-bond acceptors (Lipinski definition) is 6. The Morgan fingerprint density at radius 1 is 1.06 bits per heavy atom. The van der Waals surface area contributed by atoms with Gasteiger partial charge in [0, 0.05) is 39.1 Å². The smallest absolute Gasteiger partial charge is 0.242 e. The molecule has 3 fully saturated rings. The molecule has 0 N–H and O–H groups in total. The largest absolute Gasteiger partial charge is 0.497 e. The summed E-state index contributed by atoms with van der Waals surface area (Å²) >= 11 is 0. The Balaban J connectivity index is 1.55. The van der Waals surface area contributed by atoms with E-state index in [9.17, 15) is 19.2 Å². The van der Waals surface area contributed by atoms with E-state index in [2.05, 4.69) is 0 Å². The first-order chi connectivity index (χ1) is 16.9. The summed E-state index contributed by atoms with van der Waals surface area (Å²) in [5.74, 6) is -0.531. The number of ether oxygens (including phenoxy) is 2. The Morgan fingerprint density at radius 3 is 2.51 bits per heavy atom. The van der Waals surface area contributed by atoms with Gasteiger partial charge in [-0.05, 0) is 30.5 Å². The zero-order valence-electron chi connectivity index (χ0n) is 20.7. The van der Waals surface area contributed by atoms with Gasteiger partial charge in [0.2, 0.25) is 23.6 Å². The van der Waals surface area contributed by atoms with Gasteiger partial charge in [0.25, 0.3) is 0 Å². The van der Waals surface area contributed by atoms with Crippen molar-refractivity contribution in [3.05, 3.63) is 29.8 Å². The Hall–Kier alpha value is -2.94. The van der Waals surface area contributed by atoms with Gasteiger partial charge >= 0.3 is 0 Å². The number of rotatable bonds is 8. The van der Waals surface area contributed by atoms with Crippen LogP contribution in [0.5, 0.6) is 5.75 Å². The summed E-state index contributed by atoms with van der Waals surface area (Å²) in [7, 11) is 3.04. The van der Waals surface area contributed by atoms with Gasteiger partial charge in [-0.1, -0.05) is 31.4 Å². The van der Waals surface area contributed by atoms with Crippen molar-refractivity contribution in [1.82, 2.24) is 14.7 Å². The second-order valence-electron chi connectivity index (χ2n) is 9.71. The lowest BCUT2D eigenvalue weighted by Crippen LogP contribution is -2.56. The standard InChI is InChI=1S/C26H35N3O6/c1-34-14-13-29-23(31)17-26(25(29)33,19-7-6-10-21(15-19)35-2)16-22(30)27-11-12-28(24(32)18-27)20-8-4-3-5-9-20/h6-7,10,15,20H,3-5,8-9,11-14,16-18H2,1-2H3/t26-/m1/s1. The number of carbonyl (C=O) groups excluding carboxylic acids is 4. The lowest BCUT2D eigenvalue weighted by atomic mass is 9.75. The molecule has 1 aliphatic carbocycles. The lowest BCUT2D eigenvalue weighted by molar-refractivity contribution is -0.149. The maximum Gasteiger partial charge on any atom is 0.242 e. The van der Waals surface area contributed by atoms with Crippen LogP contribution in [0, 0.1) is 0 Å². The van der Waals surface area contributed by atoms with Crippen LogP contribution in [0.2, 0.25) is 0 Å². The summed E-state index contributed by atoms with van der Waals surface area (Å²) in [4.78, 5) is 57.6. The number of hydrogen-bond donors (Lipinski definition) is 0. The summed E-state index contributed by atoms with van der Waals surface area (Å²) in [6.07, 6.45) is 5.24. The number of nitrogens with zero attached hydrogens (tertiary/aromatic N) is 3. The number of benzene rings is 1. The van der Waals surface area contributed by atoms with Crippen LogP contribution in [-0.4, -0.2) is 91.4 Å². The summed E-state index contributed by atoms with van der Waals surface area (Å²) in [6, 6.07) is 7.24. The van der Waals surface area contributed by atoms with E-state index >= 15 is 0 Å². The number of imide groups is 1. The Labute approximate surface area is 206 Å². The normalized spacial score (nSPS) is 23.8. The van der Waals surface area contributed by atoms with Crippen molar-refractivity contribution >= 4 is 23.6 Å². The minimum atomic E-state index is -1.33. The quantitative estimate of drug-likeness (QED) is 0.521. The van der Waals surface area contributed by atoms with Crippen LogP contribution in [0.3, 0.4) is 0 Å². The SMILES string of the molecule is COCCN1C(=O)C[C@](CC(=O)N2CCN(C3CCCCC3)C(=O)C2)(c2cccc(OC)c2)C1=O. The molecule has 3 aliphatic rings. The summed E-state index contributed by atoms with van der Waals surface area (Å²) in [5, 5.41) is 0. The van der Waals surface area contributed by atoms with Crippen molar-refractivity contribution < 1.29 is 28.7 Å². The monoisotopic (exact) mass is 485 g/mol. The summed E-state index contributed by atoms with van der Waals surface area (Å²) < 4.78 is 10.4. The van der Waals surface area contributed by atoms with Crippen molar-refractivity contribution in [2.45, 2.75) is 56.4 Å². The Bertz CT molecular complexity index is 976. The molecule has 0 spiro atoms. The molecule has 0 aromatic heterocycles. The van der Waals surface area contributed by atoms with Gasteiger partial charge in [-0.15, -0.1) is 0 Å². The molecule has 1 aromatic rings. The fourth-order valence-corrected chi connectivity index (χ4v) is 5.64. The number of carbonyl (C=O) groups is 4. The van der Waals surface area contributed by atoms with Gasteiger partial charge in [-0.25, -0.2) is 0 Å². The zero-order chi connectivity index (χ0) is 25.0. The molecule has 1 atom stereocenters. The topological polar surface area (TPSA) is 96.5 Å². The molecule has 2 aliphatic heterocycles. The molecule has 9 nitrogen and oxygen atoms in total.